The molecule has 2 aliphatic rings. The first-order valence-electron chi connectivity index (χ1n) is 7.94. The van der Waals surface area contributed by atoms with Crippen LogP contribution in [0.4, 0.5) is 5.69 Å². The predicted octanol–water partition coefficient (Wildman–Crippen LogP) is 2.88. The lowest BCUT2D eigenvalue weighted by atomic mass is 9.91. The zero-order chi connectivity index (χ0) is 14.8. The Kier molecular flexibility index (Phi) is 4.15. The van der Waals surface area contributed by atoms with Gasteiger partial charge in [0.1, 0.15) is 5.75 Å². The highest BCUT2D eigenvalue weighted by molar-refractivity contribution is 5.97. The number of benzene rings is 1. The van der Waals surface area contributed by atoms with E-state index >= 15 is 0 Å². The number of carbonyl (C=O) groups is 1. The van der Waals surface area contributed by atoms with Crippen molar-refractivity contribution in [3.05, 3.63) is 23.8 Å². The van der Waals surface area contributed by atoms with Gasteiger partial charge in [0.15, 0.2) is 0 Å². The average molecular weight is 289 g/mol. The molecule has 2 atom stereocenters. The van der Waals surface area contributed by atoms with Crippen molar-refractivity contribution < 1.29 is 14.6 Å². The lowest BCUT2D eigenvalue weighted by molar-refractivity contribution is -0.127. The second kappa shape index (κ2) is 6.06. The molecule has 0 unspecified atom stereocenters. The van der Waals surface area contributed by atoms with Gasteiger partial charge in [0, 0.05) is 19.1 Å². The molecule has 114 valence electrons. The van der Waals surface area contributed by atoms with Crippen LogP contribution in [0, 0.1) is 5.92 Å². The van der Waals surface area contributed by atoms with Gasteiger partial charge in [-0.25, -0.2) is 0 Å². The number of anilines is 1. The van der Waals surface area contributed by atoms with Crippen LogP contribution in [0.3, 0.4) is 0 Å². The summed E-state index contributed by atoms with van der Waals surface area (Å²) in [5.41, 5.74) is 1.81. The minimum atomic E-state index is 0.0225. The number of phenolic OH excluding ortho intramolecular Hbond substituents is 1. The number of fused-ring (bicyclic) bond motifs is 1. The first-order valence-corrected chi connectivity index (χ1v) is 7.94. The highest BCUT2D eigenvalue weighted by atomic mass is 16.5. The van der Waals surface area contributed by atoms with Crippen LogP contribution in [0.25, 0.3) is 0 Å². The summed E-state index contributed by atoms with van der Waals surface area (Å²) in [4.78, 5) is 14.7. The molecule has 0 aliphatic carbocycles. The summed E-state index contributed by atoms with van der Waals surface area (Å²) in [6, 6.07) is 5.53. The van der Waals surface area contributed by atoms with Gasteiger partial charge in [-0.3, -0.25) is 4.79 Å². The first-order chi connectivity index (χ1) is 10.2. The monoisotopic (exact) mass is 289 g/mol. The van der Waals surface area contributed by atoms with Crippen LogP contribution in [0.2, 0.25) is 0 Å². The number of phenols is 1. The highest BCUT2D eigenvalue weighted by Gasteiger charge is 2.33. The molecule has 2 heterocycles. The molecule has 0 bridgehead atoms. The van der Waals surface area contributed by atoms with Crippen LogP contribution in [0.15, 0.2) is 18.2 Å². The van der Waals surface area contributed by atoms with Gasteiger partial charge in [-0.05, 0) is 43.7 Å². The fourth-order valence-electron chi connectivity index (χ4n) is 3.46. The van der Waals surface area contributed by atoms with E-state index in [1.54, 1.807) is 11.0 Å². The Bertz CT molecular complexity index is 529. The summed E-state index contributed by atoms with van der Waals surface area (Å²) >= 11 is 0. The van der Waals surface area contributed by atoms with Crippen molar-refractivity contribution in [1.82, 2.24) is 0 Å². The lowest BCUT2D eigenvalue weighted by Gasteiger charge is -2.35. The SMILES string of the molecule is CC[C@H]1C[C@@H](C(=O)N2CCCc3cccc(O)c32)CCO1. The molecule has 21 heavy (non-hydrogen) atoms. The smallest absolute Gasteiger partial charge is 0.230 e. The number of carbonyl (C=O) groups excluding carboxylic acids is 1. The number of rotatable bonds is 2. The van der Waals surface area contributed by atoms with Gasteiger partial charge in [-0.2, -0.15) is 0 Å². The highest BCUT2D eigenvalue weighted by Crippen LogP contribution is 2.37. The van der Waals surface area contributed by atoms with Crippen LogP contribution in [0.5, 0.6) is 5.75 Å². The average Bonchev–Trinajstić information content (AvgIpc) is 2.54. The Balaban J connectivity index is 1.83. The standard InChI is InChI=1S/C17H23NO3/c1-2-14-11-13(8-10-21-14)17(20)18-9-4-6-12-5-3-7-15(19)16(12)18/h3,5,7,13-14,19H,2,4,6,8-11H2,1H3/t13-,14-/m0/s1. The maximum absolute atomic E-state index is 12.9. The molecule has 0 aromatic heterocycles. The van der Waals surface area contributed by atoms with Crippen molar-refractivity contribution >= 4 is 11.6 Å². The summed E-state index contributed by atoms with van der Waals surface area (Å²) < 4.78 is 5.67. The van der Waals surface area contributed by atoms with Gasteiger partial charge in [0.25, 0.3) is 0 Å². The summed E-state index contributed by atoms with van der Waals surface area (Å²) in [7, 11) is 0. The number of amides is 1. The molecular formula is C17H23NO3. The Hall–Kier alpha value is -1.55. The van der Waals surface area contributed by atoms with Gasteiger partial charge in [0.05, 0.1) is 11.8 Å². The molecule has 1 amide bonds. The third kappa shape index (κ3) is 2.77. The van der Waals surface area contributed by atoms with Crippen LogP contribution < -0.4 is 4.90 Å². The molecule has 1 N–H and O–H groups in total. The molecule has 4 nitrogen and oxygen atoms in total. The van der Waals surface area contributed by atoms with Gasteiger partial charge in [-0.15, -0.1) is 0 Å². The molecular weight excluding hydrogens is 266 g/mol. The summed E-state index contributed by atoms with van der Waals surface area (Å²) in [5.74, 6) is 0.396. The lowest BCUT2D eigenvalue weighted by Crippen LogP contribution is -2.42. The number of aryl methyl sites for hydroxylation is 1. The van der Waals surface area contributed by atoms with Gasteiger partial charge in [-0.1, -0.05) is 19.1 Å². The molecule has 2 aliphatic heterocycles. The molecule has 1 fully saturated rings. The second-order valence-corrected chi connectivity index (χ2v) is 6.00. The largest absolute Gasteiger partial charge is 0.506 e. The maximum Gasteiger partial charge on any atom is 0.230 e. The zero-order valence-electron chi connectivity index (χ0n) is 12.5. The quantitative estimate of drug-likeness (QED) is 0.910. The first kappa shape index (κ1) is 14.4. The number of nitrogens with zero attached hydrogens (tertiary/aromatic N) is 1. The van der Waals surface area contributed by atoms with Crippen LogP contribution >= 0.6 is 0 Å². The molecule has 1 aromatic rings. The molecule has 4 heteroatoms. The minimum absolute atomic E-state index is 0.0225. The molecule has 0 radical (unpaired) electrons. The van der Waals surface area contributed by atoms with Crippen LogP contribution in [0.1, 0.15) is 38.2 Å². The van der Waals surface area contributed by atoms with E-state index in [0.29, 0.717) is 13.2 Å². The van der Waals surface area contributed by atoms with E-state index in [1.807, 2.05) is 12.1 Å². The van der Waals surface area contributed by atoms with Crippen molar-refractivity contribution in [2.75, 3.05) is 18.1 Å². The Labute approximate surface area is 125 Å². The number of ether oxygens (including phenoxy) is 1. The Morgan fingerprint density at radius 1 is 1.48 bits per heavy atom. The van der Waals surface area contributed by atoms with Crippen molar-refractivity contribution in [2.24, 2.45) is 5.92 Å². The topological polar surface area (TPSA) is 49.8 Å². The van der Waals surface area contributed by atoms with E-state index in [-0.39, 0.29) is 23.7 Å². The van der Waals surface area contributed by atoms with Crippen LogP contribution in [-0.4, -0.2) is 30.3 Å². The van der Waals surface area contributed by atoms with Crippen molar-refractivity contribution in [1.29, 1.82) is 0 Å². The maximum atomic E-state index is 12.9. The zero-order valence-corrected chi connectivity index (χ0v) is 12.5. The third-order valence-electron chi connectivity index (χ3n) is 4.63. The van der Waals surface area contributed by atoms with Gasteiger partial charge < -0.3 is 14.7 Å². The fourth-order valence-corrected chi connectivity index (χ4v) is 3.46. The van der Waals surface area contributed by atoms with E-state index in [9.17, 15) is 9.90 Å². The van der Waals surface area contributed by atoms with E-state index in [2.05, 4.69) is 6.92 Å². The molecule has 0 spiro atoms. The molecule has 0 saturated carbocycles. The summed E-state index contributed by atoms with van der Waals surface area (Å²) in [5, 5.41) is 10.2. The van der Waals surface area contributed by atoms with E-state index in [4.69, 9.17) is 4.74 Å². The Morgan fingerprint density at radius 2 is 2.33 bits per heavy atom. The molecule has 3 rings (SSSR count). The minimum Gasteiger partial charge on any atom is -0.506 e. The Morgan fingerprint density at radius 3 is 3.14 bits per heavy atom. The number of para-hydroxylation sites is 1. The number of hydrogen-bond donors (Lipinski definition) is 1. The second-order valence-electron chi connectivity index (χ2n) is 6.00. The van der Waals surface area contributed by atoms with E-state index in [1.165, 1.54) is 0 Å². The van der Waals surface area contributed by atoms with Crippen molar-refractivity contribution in [3.8, 4) is 5.75 Å². The van der Waals surface area contributed by atoms with Gasteiger partial charge in [0.2, 0.25) is 5.91 Å². The van der Waals surface area contributed by atoms with Crippen molar-refractivity contribution in [2.45, 2.75) is 45.1 Å². The molecule has 1 aromatic carbocycles. The van der Waals surface area contributed by atoms with E-state index < -0.39 is 0 Å². The molecule has 1 saturated heterocycles. The third-order valence-corrected chi connectivity index (χ3v) is 4.63. The van der Waals surface area contributed by atoms with Crippen molar-refractivity contribution in [3.63, 3.8) is 0 Å². The van der Waals surface area contributed by atoms with E-state index in [0.717, 1.165) is 43.4 Å². The fraction of sp³-hybridized carbons (Fsp3) is 0.588. The number of hydrogen-bond acceptors (Lipinski definition) is 3. The van der Waals surface area contributed by atoms with Crippen LogP contribution in [-0.2, 0) is 16.0 Å². The summed E-state index contributed by atoms with van der Waals surface area (Å²) in [6.45, 7) is 3.47. The summed E-state index contributed by atoms with van der Waals surface area (Å²) in [6.07, 6.45) is 4.62. The predicted molar refractivity (Wildman–Crippen MR) is 81.5 cm³/mol. The number of aromatic hydroxyl groups is 1. The normalized spacial score (nSPS) is 25.5. The van der Waals surface area contributed by atoms with Gasteiger partial charge >= 0.3 is 0 Å².